The first-order valence-electron chi connectivity index (χ1n) is 9.79. The Kier molecular flexibility index (Phi) is 7.45. The summed E-state index contributed by atoms with van der Waals surface area (Å²) in [6.45, 7) is 12.5. The van der Waals surface area contributed by atoms with Crippen LogP contribution in [0.15, 0.2) is 59.5 Å². The molecule has 0 fully saturated rings. The van der Waals surface area contributed by atoms with E-state index < -0.39 is 30.5 Å². The van der Waals surface area contributed by atoms with Gasteiger partial charge in [0.15, 0.2) is 8.32 Å². The molecule has 0 heterocycles. The van der Waals surface area contributed by atoms with Gasteiger partial charge >= 0.3 is 0 Å². The van der Waals surface area contributed by atoms with Gasteiger partial charge in [-0.25, -0.2) is 13.1 Å². The molecule has 7 heteroatoms. The summed E-state index contributed by atoms with van der Waals surface area (Å²) in [4.78, 5) is 0.168. The summed E-state index contributed by atoms with van der Waals surface area (Å²) in [6, 6.07) is 14.9. The maximum atomic E-state index is 12.9. The van der Waals surface area contributed by atoms with Crippen LogP contribution in [0.1, 0.15) is 37.9 Å². The molecule has 2 atom stereocenters. The van der Waals surface area contributed by atoms with Crippen LogP contribution in [0.3, 0.4) is 0 Å². The molecule has 2 aromatic rings. The smallest absolute Gasteiger partial charge is 0.241 e. The number of sulfonamides is 1. The fourth-order valence-corrected chi connectivity index (χ4v) is 4.87. The summed E-state index contributed by atoms with van der Waals surface area (Å²) in [5, 5.41) is 10.9. The minimum atomic E-state index is -3.81. The maximum Gasteiger partial charge on any atom is 0.241 e. The molecule has 0 amide bonds. The van der Waals surface area contributed by atoms with Crippen molar-refractivity contribution in [2.45, 2.75) is 62.9 Å². The van der Waals surface area contributed by atoms with Crippen LogP contribution in [0.2, 0.25) is 18.1 Å². The van der Waals surface area contributed by atoms with E-state index in [-0.39, 0.29) is 16.5 Å². The molecule has 5 nitrogen and oxygen atoms in total. The Morgan fingerprint density at radius 1 is 1.03 bits per heavy atom. The average molecular weight is 436 g/mol. The second-order valence-corrected chi connectivity index (χ2v) is 15.5. The largest absolute Gasteiger partial charge is 0.414 e. The first-order valence-corrected chi connectivity index (χ1v) is 14.2. The molecule has 2 N–H and O–H groups in total. The number of aliphatic hydroxyl groups excluding tert-OH is 1. The Morgan fingerprint density at radius 2 is 1.59 bits per heavy atom. The van der Waals surface area contributed by atoms with Crippen molar-refractivity contribution < 1.29 is 18.0 Å². The molecule has 0 radical (unpaired) electrons. The molecule has 0 saturated carbocycles. The van der Waals surface area contributed by atoms with E-state index in [0.29, 0.717) is 5.56 Å². The third kappa shape index (κ3) is 6.23. The van der Waals surface area contributed by atoms with Crippen LogP contribution in [-0.2, 0) is 14.4 Å². The lowest BCUT2D eigenvalue weighted by molar-refractivity contribution is 0.0738. The lowest BCUT2D eigenvalue weighted by atomic mass is 10.0. The average Bonchev–Trinajstić information content (AvgIpc) is 2.64. The van der Waals surface area contributed by atoms with E-state index in [1.165, 1.54) is 0 Å². The second-order valence-electron chi connectivity index (χ2n) is 8.96. The molecule has 29 heavy (non-hydrogen) atoms. The van der Waals surface area contributed by atoms with Crippen molar-refractivity contribution in [3.8, 4) is 0 Å². The summed E-state index contributed by atoms with van der Waals surface area (Å²) < 4.78 is 34.7. The summed E-state index contributed by atoms with van der Waals surface area (Å²) in [5.74, 6) is 0. The molecule has 0 aromatic heterocycles. The highest BCUT2D eigenvalue weighted by atomic mass is 32.2. The summed E-state index contributed by atoms with van der Waals surface area (Å²) in [7, 11) is -5.89. The maximum absolute atomic E-state index is 12.9. The van der Waals surface area contributed by atoms with Crippen LogP contribution in [0.25, 0.3) is 0 Å². The Labute approximate surface area is 176 Å². The molecular formula is C22H33NO4SSi. The van der Waals surface area contributed by atoms with Crippen LogP contribution < -0.4 is 4.72 Å². The molecule has 2 aromatic carbocycles. The van der Waals surface area contributed by atoms with E-state index in [1.807, 2.05) is 25.1 Å². The van der Waals surface area contributed by atoms with Gasteiger partial charge in [0, 0.05) is 0 Å². The molecule has 0 bridgehead atoms. The zero-order valence-corrected chi connectivity index (χ0v) is 20.0. The number of aliphatic hydroxyl groups is 1. The summed E-state index contributed by atoms with van der Waals surface area (Å²) in [6.07, 6.45) is -1.02. The van der Waals surface area contributed by atoms with Gasteiger partial charge in [0.05, 0.1) is 23.6 Å². The van der Waals surface area contributed by atoms with Gasteiger partial charge in [-0.1, -0.05) is 68.8 Å². The molecule has 0 unspecified atom stereocenters. The predicted octanol–water partition coefficient (Wildman–Crippen LogP) is 4.40. The topological polar surface area (TPSA) is 75.6 Å². The Hall–Kier alpha value is -1.51. The van der Waals surface area contributed by atoms with Gasteiger partial charge < -0.3 is 9.53 Å². The van der Waals surface area contributed by atoms with E-state index in [4.69, 9.17) is 4.43 Å². The van der Waals surface area contributed by atoms with Crippen LogP contribution in [0, 0.1) is 6.92 Å². The van der Waals surface area contributed by atoms with Gasteiger partial charge in [0.2, 0.25) is 10.0 Å². The fraction of sp³-hybridized carbons (Fsp3) is 0.455. The molecule has 0 aliphatic rings. The first-order chi connectivity index (χ1) is 13.3. The SMILES string of the molecule is Cc1ccc(S(=O)(=O)N[C@@H](c2ccccc2)[C@H](O)CO[Si](C)(C)C(C)(C)C)cc1. The van der Waals surface area contributed by atoms with Crippen molar-refractivity contribution in [1.82, 2.24) is 4.72 Å². The van der Waals surface area contributed by atoms with Gasteiger partial charge in [0.1, 0.15) is 0 Å². The minimum absolute atomic E-state index is 0.00360. The Morgan fingerprint density at radius 3 is 2.10 bits per heavy atom. The lowest BCUT2D eigenvalue weighted by Crippen LogP contribution is -2.45. The zero-order chi connectivity index (χ0) is 21.9. The van der Waals surface area contributed by atoms with Crippen molar-refractivity contribution in [2.24, 2.45) is 0 Å². The number of hydrogen-bond acceptors (Lipinski definition) is 4. The van der Waals surface area contributed by atoms with Gasteiger partial charge in [-0.3, -0.25) is 0 Å². The summed E-state index contributed by atoms with van der Waals surface area (Å²) in [5.41, 5.74) is 1.67. The van der Waals surface area contributed by atoms with Crippen LogP contribution in [0.4, 0.5) is 0 Å². The monoisotopic (exact) mass is 435 g/mol. The van der Waals surface area contributed by atoms with Crippen molar-refractivity contribution in [2.75, 3.05) is 6.61 Å². The quantitative estimate of drug-likeness (QED) is 0.603. The van der Waals surface area contributed by atoms with E-state index in [2.05, 4.69) is 38.6 Å². The summed E-state index contributed by atoms with van der Waals surface area (Å²) >= 11 is 0. The van der Waals surface area contributed by atoms with Gasteiger partial charge in [0.25, 0.3) is 0 Å². The first kappa shape index (κ1) is 23.8. The fourth-order valence-electron chi connectivity index (χ4n) is 2.59. The predicted molar refractivity (Wildman–Crippen MR) is 120 cm³/mol. The lowest BCUT2D eigenvalue weighted by Gasteiger charge is -2.37. The molecule has 0 aliphatic heterocycles. The van der Waals surface area contributed by atoms with Crippen LogP contribution >= 0.6 is 0 Å². The molecular weight excluding hydrogens is 402 g/mol. The van der Waals surface area contributed by atoms with E-state index in [1.54, 1.807) is 36.4 Å². The second kappa shape index (κ2) is 9.10. The van der Waals surface area contributed by atoms with E-state index in [9.17, 15) is 13.5 Å². The number of nitrogens with one attached hydrogen (secondary N) is 1. The number of rotatable bonds is 8. The normalized spacial score (nSPS) is 15.1. The highest BCUT2D eigenvalue weighted by molar-refractivity contribution is 7.89. The standard InChI is InChI=1S/C22H33NO4SSi/c1-17-12-14-19(15-13-17)28(25,26)23-21(18-10-8-7-9-11-18)20(24)16-27-29(5,6)22(2,3)4/h7-15,20-21,23-24H,16H2,1-6H3/t20-,21+/m1/s1. The molecule has 0 spiro atoms. The number of benzene rings is 2. The molecule has 160 valence electrons. The van der Waals surface area contributed by atoms with E-state index in [0.717, 1.165) is 5.56 Å². The Bertz CT molecular complexity index is 891. The molecule has 0 saturated heterocycles. The van der Waals surface area contributed by atoms with Crippen molar-refractivity contribution in [3.05, 3.63) is 65.7 Å². The van der Waals surface area contributed by atoms with Gasteiger partial charge in [-0.05, 0) is 42.8 Å². The van der Waals surface area contributed by atoms with Crippen molar-refractivity contribution in [3.63, 3.8) is 0 Å². The van der Waals surface area contributed by atoms with Crippen molar-refractivity contribution in [1.29, 1.82) is 0 Å². The van der Waals surface area contributed by atoms with Gasteiger partial charge in [-0.2, -0.15) is 0 Å². The minimum Gasteiger partial charge on any atom is -0.414 e. The highest BCUT2D eigenvalue weighted by Gasteiger charge is 2.38. The highest BCUT2D eigenvalue weighted by Crippen LogP contribution is 2.37. The Balaban J connectivity index is 2.27. The number of hydrogen-bond donors (Lipinski definition) is 2. The number of aryl methyl sites for hydroxylation is 1. The van der Waals surface area contributed by atoms with E-state index >= 15 is 0 Å². The van der Waals surface area contributed by atoms with Gasteiger partial charge in [-0.15, -0.1) is 0 Å². The third-order valence-corrected chi connectivity index (χ3v) is 11.5. The third-order valence-electron chi connectivity index (χ3n) is 5.58. The zero-order valence-electron chi connectivity index (χ0n) is 18.1. The van der Waals surface area contributed by atoms with Crippen molar-refractivity contribution >= 4 is 18.3 Å². The van der Waals surface area contributed by atoms with Crippen LogP contribution in [-0.4, -0.2) is 34.6 Å². The van der Waals surface area contributed by atoms with Crippen LogP contribution in [0.5, 0.6) is 0 Å². The molecule has 0 aliphatic carbocycles. The molecule has 2 rings (SSSR count).